The maximum absolute atomic E-state index is 13.8. The summed E-state index contributed by atoms with van der Waals surface area (Å²) in [6.07, 6.45) is -4.64. The van der Waals surface area contributed by atoms with E-state index in [1.54, 1.807) is 36.4 Å². The van der Waals surface area contributed by atoms with Crippen molar-refractivity contribution in [3.63, 3.8) is 0 Å². The van der Waals surface area contributed by atoms with Gasteiger partial charge in [0.2, 0.25) is 0 Å². The van der Waals surface area contributed by atoms with Crippen LogP contribution < -0.4 is 4.74 Å². The fourth-order valence-corrected chi connectivity index (χ4v) is 5.35. The van der Waals surface area contributed by atoms with Gasteiger partial charge in [-0.05, 0) is 88.3 Å². The van der Waals surface area contributed by atoms with Gasteiger partial charge in [-0.1, -0.05) is 12.1 Å². The van der Waals surface area contributed by atoms with Crippen molar-refractivity contribution in [2.75, 3.05) is 0 Å². The number of halogens is 3. The minimum atomic E-state index is -4.64. The summed E-state index contributed by atoms with van der Waals surface area (Å²) < 4.78 is 53.7. The standard InChI is InChI=1S/C29H15F3O5/c30-29(31,32)18-3-6-21-22(13-18)28(37-27(21)35)23-9-14-1-4-19(33)7-16(14)11-25(23)36-26-12-17-8-20(34)5-2-15(17)10-24(26)28/h1-13,33-34H. The molecule has 0 aliphatic carbocycles. The Balaban J connectivity index is 1.62. The van der Waals surface area contributed by atoms with Gasteiger partial charge in [0.05, 0.1) is 11.1 Å². The first kappa shape index (κ1) is 21.6. The molecule has 0 amide bonds. The van der Waals surface area contributed by atoms with E-state index in [9.17, 15) is 28.2 Å². The monoisotopic (exact) mass is 500 g/mol. The van der Waals surface area contributed by atoms with Crippen molar-refractivity contribution in [2.24, 2.45) is 0 Å². The van der Waals surface area contributed by atoms with Crippen LogP contribution in [-0.4, -0.2) is 16.2 Å². The number of ether oxygens (including phenoxy) is 2. The number of phenols is 2. The summed E-state index contributed by atoms with van der Waals surface area (Å²) in [5, 5.41) is 22.5. The third kappa shape index (κ3) is 2.95. The highest BCUT2D eigenvalue weighted by Crippen LogP contribution is 2.58. The molecule has 2 N–H and O–H groups in total. The van der Waals surface area contributed by atoms with E-state index in [0.717, 1.165) is 18.2 Å². The predicted molar refractivity (Wildman–Crippen MR) is 128 cm³/mol. The summed E-state index contributed by atoms with van der Waals surface area (Å²) >= 11 is 0. The molecule has 5 aromatic carbocycles. The van der Waals surface area contributed by atoms with Crippen LogP contribution in [0.5, 0.6) is 23.0 Å². The van der Waals surface area contributed by atoms with Crippen LogP contribution in [0.25, 0.3) is 21.5 Å². The minimum Gasteiger partial charge on any atom is -0.508 e. The number of esters is 1. The molecule has 0 fully saturated rings. The Kier molecular flexibility index (Phi) is 4.04. The van der Waals surface area contributed by atoms with Gasteiger partial charge in [-0.15, -0.1) is 0 Å². The molecule has 1 spiro atoms. The third-order valence-electron chi connectivity index (χ3n) is 7.01. The first-order valence-corrected chi connectivity index (χ1v) is 11.3. The van der Waals surface area contributed by atoms with Crippen LogP contribution in [-0.2, 0) is 16.5 Å². The van der Waals surface area contributed by atoms with Crippen LogP contribution in [0, 0.1) is 0 Å². The molecule has 7 rings (SSSR count). The number of phenolic OH excluding ortho intramolecular Hbond substituents is 2. The first-order valence-electron chi connectivity index (χ1n) is 11.3. The fourth-order valence-electron chi connectivity index (χ4n) is 5.35. The zero-order chi connectivity index (χ0) is 25.7. The normalized spacial score (nSPS) is 15.3. The number of benzene rings is 5. The summed E-state index contributed by atoms with van der Waals surface area (Å²) in [7, 11) is 0. The Bertz CT molecular complexity index is 1730. The van der Waals surface area contributed by atoms with Gasteiger partial charge in [-0.2, -0.15) is 13.2 Å². The topological polar surface area (TPSA) is 76.0 Å². The van der Waals surface area contributed by atoms with Crippen LogP contribution in [0.1, 0.15) is 32.6 Å². The molecule has 0 bridgehead atoms. The fraction of sp³-hybridized carbons (Fsp3) is 0.0690. The summed E-state index contributed by atoms with van der Waals surface area (Å²) in [5.41, 5.74) is -1.80. The van der Waals surface area contributed by atoms with E-state index < -0.39 is 23.3 Å². The van der Waals surface area contributed by atoms with Crippen molar-refractivity contribution in [3.8, 4) is 23.0 Å². The molecule has 0 saturated heterocycles. The number of hydrogen-bond acceptors (Lipinski definition) is 5. The summed E-state index contributed by atoms with van der Waals surface area (Å²) in [4.78, 5) is 13.1. The highest BCUT2D eigenvalue weighted by molar-refractivity contribution is 5.99. The molecule has 2 aliphatic rings. The van der Waals surface area contributed by atoms with Crippen LogP contribution in [0.4, 0.5) is 13.2 Å². The Morgan fingerprint density at radius 1 is 0.649 bits per heavy atom. The Hall–Kier alpha value is -4.72. The van der Waals surface area contributed by atoms with E-state index in [2.05, 4.69) is 0 Å². The molecular weight excluding hydrogens is 485 g/mol. The van der Waals surface area contributed by atoms with Crippen molar-refractivity contribution in [2.45, 2.75) is 11.8 Å². The van der Waals surface area contributed by atoms with Crippen molar-refractivity contribution >= 4 is 27.5 Å². The number of aromatic hydroxyl groups is 2. The molecule has 0 radical (unpaired) electrons. The van der Waals surface area contributed by atoms with E-state index in [0.29, 0.717) is 32.7 Å². The van der Waals surface area contributed by atoms with Gasteiger partial charge in [0.15, 0.2) is 5.60 Å². The van der Waals surface area contributed by atoms with Gasteiger partial charge < -0.3 is 19.7 Å². The van der Waals surface area contributed by atoms with Crippen LogP contribution >= 0.6 is 0 Å². The van der Waals surface area contributed by atoms with E-state index in [-0.39, 0.29) is 34.1 Å². The lowest BCUT2D eigenvalue weighted by Crippen LogP contribution is -2.33. The number of hydrogen-bond donors (Lipinski definition) is 2. The molecule has 182 valence electrons. The van der Waals surface area contributed by atoms with Gasteiger partial charge in [-0.3, -0.25) is 0 Å². The summed E-state index contributed by atoms with van der Waals surface area (Å²) in [6.45, 7) is 0. The van der Waals surface area contributed by atoms with Crippen molar-refractivity contribution < 1.29 is 37.7 Å². The summed E-state index contributed by atoms with van der Waals surface area (Å²) in [5.74, 6) is -0.148. The lowest BCUT2D eigenvalue weighted by Gasteiger charge is -2.37. The van der Waals surface area contributed by atoms with Crippen LogP contribution in [0.3, 0.4) is 0 Å². The zero-order valence-corrected chi connectivity index (χ0v) is 18.8. The molecule has 8 heteroatoms. The average molecular weight is 500 g/mol. The highest BCUT2D eigenvalue weighted by atomic mass is 19.4. The van der Waals surface area contributed by atoms with Crippen molar-refractivity contribution in [1.82, 2.24) is 0 Å². The number of carbonyl (C=O) groups excluding carboxylic acids is 1. The first-order chi connectivity index (χ1) is 17.6. The van der Waals surface area contributed by atoms with E-state index in [1.165, 1.54) is 24.3 Å². The number of carbonyl (C=O) groups is 1. The van der Waals surface area contributed by atoms with Gasteiger partial charge in [0, 0.05) is 16.7 Å². The zero-order valence-electron chi connectivity index (χ0n) is 18.8. The van der Waals surface area contributed by atoms with Gasteiger partial charge in [0.25, 0.3) is 0 Å². The van der Waals surface area contributed by atoms with E-state index in [4.69, 9.17) is 9.47 Å². The van der Waals surface area contributed by atoms with Crippen molar-refractivity contribution in [1.29, 1.82) is 0 Å². The Labute approximate surface area is 206 Å². The average Bonchev–Trinajstić information content (AvgIpc) is 3.14. The van der Waals surface area contributed by atoms with Gasteiger partial charge >= 0.3 is 12.1 Å². The lowest BCUT2D eigenvalue weighted by molar-refractivity contribution is -0.137. The Morgan fingerprint density at radius 3 is 1.76 bits per heavy atom. The predicted octanol–water partition coefficient (Wildman–Crippen LogP) is 6.99. The van der Waals surface area contributed by atoms with Crippen LogP contribution in [0.15, 0.2) is 78.9 Å². The number of rotatable bonds is 0. The van der Waals surface area contributed by atoms with Gasteiger partial charge in [-0.25, -0.2) is 4.79 Å². The molecule has 0 unspecified atom stereocenters. The molecule has 5 aromatic rings. The lowest BCUT2D eigenvalue weighted by atomic mass is 9.76. The maximum atomic E-state index is 13.8. The molecular formula is C29H15F3O5. The number of fused-ring (bicyclic) bond motifs is 8. The number of alkyl halides is 3. The van der Waals surface area contributed by atoms with E-state index >= 15 is 0 Å². The second-order valence-corrected chi connectivity index (χ2v) is 9.19. The smallest absolute Gasteiger partial charge is 0.416 e. The molecule has 37 heavy (non-hydrogen) atoms. The molecule has 2 aliphatic heterocycles. The van der Waals surface area contributed by atoms with Gasteiger partial charge in [0.1, 0.15) is 23.0 Å². The summed E-state index contributed by atoms with van der Waals surface area (Å²) in [6, 6.07) is 19.1. The quantitative estimate of drug-likeness (QED) is 0.224. The highest BCUT2D eigenvalue weighted by Gasteiger charge is 2.54. The molecule has 0 saturated carbocycles. The van der Waals surface area contributed by atoms with Crippen LogP contribution in [0.2, 0.25) is 0 Å². The molecule has 5 nitrogen and oxygen atoms in total. The second-order valence-electron chi connectivity index (χ2n) is 9.19. The van der Waals surface area contributed by atoms with E-state index in [1.807, 2.05) is 0 Å². The molecule has 2 heterocycles. The maximum Gasteiger partial charge on any atom is 0.416 e. The third-order valence-corrected chi connectivity index (χ3v) is 7.01. The molecule has 0 aromatic heterocycles. The minimum absolute atomic E-state index is 0.0309. The molecule has 0 atom stereocenters. The Morgan fingerprint density at radius 2 is 1.22 bits per heavy atom. The SMILES string of the molecule is O=C1OC2(c3cc4ccc(O)cc4cc3Oc3cc4cc(O)ccc4cc32)c2cc(C(F)(F)F)ccc21. The second kappa shape index (κ2) is 6.94. The van der Waals surface area contributed by atoms with Crippen molar-refractivity contribution in [3.05, 3.63) is 107 Å². The largest absolute Gasteiger partial charge is 0.508 e.